The van der Waals surface area contributed by atoms with E-state index >= 15 is 0 Å². The first-order valence-corrected chi connectivity index (χ1v) is 9.54. The van der Waals surface area contributed by atoms with Crippen LogP contribution in [0.25, 0.3) is 0 Å². The molecule has 0 aromatic rings. The highest BCUT2D eigenvalue weighted by Crippen LogP contribution is 2.14. The molecule has 0 amide bonds. The van der Waals surface area contributed by atoms with Crippen molar-refractivity contribution in [2.24, 2.45) is 0 Å². The summed E-state index contributed by atoms with van der Waals surface area (Å²) in [6, 6.07) is 0. The van der Waals surface area contributed by atoms with Crippen molar-refractivity contribution in [2.75, 3.05) is 39.8 Å². The third-order valence-electron chi connectivity index (χ3n) is 2.81. The number of rotatable bonds is 10. The van der Waals surface area contributed by atoms with E-state index < -0.39 is 41.3 Å². The van der Waals surface area contributed by atoms with Crippen molar-refractivity contribution in [1.82, 2.24) is 0 Å². The molecule has 0 N–H and O–H groups in total. The second kappa shape index (κ2) is 10.1. The monoisotopic (exact) mass is 390 g/mol. The van der Waals surface area contributed by atoms with Gasteiger partial charge in [0.25, 0.3) is 0 Å². The van der Waals surface area contributed by atoms with Gasteiger partial charge in [-0.3, -0.25) is 8.37 Å². The molecule has 2 saturated heterocycles. The Morgan fingerprint density at radius 2 is 1.96 bits per heavy atom. The van der Waals surface area contributed by atoms with Gasteiger partial charge in [0, 0.05) is 13.0 Å². The van der Waals surface area contributed by atoms with Crippen LogP contribution in [0.3, 0.4) is 0 Å². The maximum absolute atomic E-state index is 11.1. The van der Waals surface area contributed by atoms with Crippen LogP contribution in [0.5, 0.6) is 0 Å². The lowest BCUT2D eigenvalue weighted by atomic mass is 10.2. The average Bonchev–Trinajstić information content (AvgIpc) is 2.89. The lowest BCUT2D eigenvalue weighted by Crippen LogP contribution is -2.37. The van der Waals surface area contributed by atoms with Crippen molar-refractivity contribution >= 4 is 29.1 Å². The molecule has 2 fully saturated rings. The van der Waals surface area contributed by atoms with Gasteiger partial charge in [-0.2, -0.15) is 12.6 Å². The molecule has 11 nitrogen and oxygen atoms in total. The van der Waals surface area contributed by atoms with Crippen molar-refractivity contribution in [1.29, 1.82) is 0 Å². The molecule has 3 atom stereocenters. The zero-order chi connectivity index (χ0) is 17.4. The van der Waals surface area contributed by atoms with Gasteiger partial charge in [-0.1, -0.05) is 0 Å². The van der Waals surface area contributed by atoms with Crippen LogP contribution >= 0.6 is 0 Å². The highest BCUT2D eigenvalue weighted by atomic mass is 32.3. The predicted molar refractivity (Wildman–Crippen MR) is 78.6 cm³/mol. The van der Waals surface area contributed by atoms with Gasteiger partial charge >= 0.3 is 29.1 Å². The van der Waals surface area contributed by atoms with Crippen LogP contribution in [-0.4, -0.2) is 72.0 Å². The fourth-order valence-corrected chi connectivity index (χ4v) is 3.19. The van der Waals surface area contributed by atoms with Gasteiger partial charge in [-0.05, 0) is 6.92 Å². The molecule has 0 radical (unpaired) electrons. The van der Waals surface area contributed by atoms with Crippen LogP contribution in [0.1, 0.15) is 13.3 Å². The van der Waals surface area contributed by atoms with Crippen LogP contribution in [0.2, 0.25) is 0 Å². The Hall–Kier alpha value is -0.155. The second-order valence-corrected chi connectivity index (χ2v) is 6.76. The van der Waals surface area contributed by atoms with Gasteiger partial charge in [0.2, 0.25) is 0 Å². The molecule has 0 spiro atoms. The first-order chi connectivity index (χ1) is 11.5. The summed E-state index contributed by atoms with van der Waals surface area (Å²) in [5, 5.41) is 0. The quantitative estimate of drug-likeness (QED) is 0.261. The molecular formula is C10H19BO11S2. The van der Waals surface area contributed by atoms with E-state index in [1.54, 1.807) is 6.92 Å². The molecule has 2 aliphatic rings. The largest absolute Gasteiger partial charge is 0.641 e. The van der Waals surface area contributed by atoms with Crippen LogP contribution in [-0.2, 0) is 57.2 Å². The summed E-state index contributed by atoms with van der Waals surface area (Å²) in [5.74, 6) is 0. The Balaban J connectivity index is 1.74. The van der Waals surface area contributed by atoms with Crippen LogP contribution in [0.15, 0.2) is 0 Å². The van der Waals surface area contributed by atoms with E-state index in [-0.39, 0.29) is 33.2 Å². The number of ether oxygens (including phenoxy) is 1. The van der Waals surface area contributed by atoms with E-state index in [0.29, 0.717) is 13.0 Å². The van der Waals surface area contributed by atoms with Crippen molar-refractivity contribution in [3.63, 3.8) is 0 Å². The molecule has 0 aromatic carbocycles. The minimum atomic E-state index is -3.95. The summed E-state index contributed by atoms with van der Waals surface area (Å²) in [6.45, 7) is 2.21. The summed E-state index contributed by atoms with van der Waals surface area (Å²) >= 11 is -1.80. The molecule has 0 saturated carbocycles. The Bertz CT molecular complexity index is 501. The highest BCUT2D eigenvalue weighted by Gasteiger charge is 2.33. The lowest BCUT2D eigenvalue weighted by molar-refractivity contribution is -0.0376. The molecule has 14 heteroatoms. The summed E-state index contributed by atoms with van der Waals surface area (Å²) in [5.41, 5.74) is 0. The summed E-state index contributed by atoms with van der Waals surface area (Å²) < 4.78 is 73.0. The van der Waals surface area contributed by atoms with Crippen LogP contribution in [0, 0.1) is 0 Å². The molecule has 24 heavy (non-hydrogen) atoms. The van der Waals surface area contributed by atoms with Gasteiger partial charge < -0.3 is 18.7 Å². The lowest BCUT2D eigenvalue weighted by Gasteiger charge is -2.22. The normalized spacial score (nSPS) is 29.6. The molecular weight excluding hydrogens is 371 g/mol. The number of hydrogen-bond donors (Lipinski definition) is 0. The van der Waals surface area contributed by atoms with Crippen LogP contribution in [0.4, 0.5) is 0 Å². The molecule has 140 valence electrons. The van der Waals surface area contributed by atoms with E-state index in [4.69, 9.17) is 27.1 Å². The van der Waals surface area contributed by atoms with E-state index in [1.165, 1.54) is 0 Å². The van der Waals surface area contributed by atoms with Gasteiger partial charge in [0.15, 0.2) is 0 Å². The van der Waals surface area contributed by atoms with E-state index in [2.05, 4.69) is 8.37 Å². The highest BCUT2D eigenvalue weighted by molar-refractivity contribution is 7.82. The Kier molecular flexibility index (Phi) is 8.49. The standard InChI is InChI=1S/C10H19BO11S2/c1-2-15-8-18-11(16-5-9-3-4-19-23(12)21-9)17-6-10-7-20-24(13,14)22-10/h9-10H,2-8H2,1H3. The zero-order valence-electron chi connectivity index (χ0n) is 13.0. The average molecular weight is 390 g/mol. The van der Waals surface area contributed by atoms with E-state index in [0.717, 1.165) is 0 Å². The van der Waals surface area contributed by atoms with Crippen molar-refractivity contribution in [3.05, 3.63) is 0 Å². The Morgan fingerprint density at radius 1 is 1.21 bits per heavy atom. The van der Waals surface area contributed by atoms with Crippen LogP contribution < -0.4 is 0 Å². The summed E-state index contributed by atoms with van der Waals surface area (Å²) in [6.07, 6.45) is -0.724. The van der Waals surface area contributed by atoms with E-state index in [9.17, 15) is 12.6 Å². The molecule has 0 aliphatic carbocycles. The zero-order valence-corrected chi connectivity index (χ0v) is 14.6. The fourth-order valence-electron chi connectivity index (χ4n) is 1.71. The molecule has 2 aliphatic heterocycles. The third kappa shape index (κ3) is 7.39. The van der Waals surface area contributed by atoms with Gasteiger partial charge in [0.1, 0.15) is 19.0 Å². The molecule has 0 aromatic heterocycles. The third-order valence-corrected chi connectivity index (χ3v) is 4.54. The second-order valence-electron chi connectivity index (χ2n) is 4.68. The maximum atomic E-state index is 11.1. The Labute approximate surface area is 143 Å². The summed E-state index contributed by atoms with van der Waals surface area (Å²) in [7, 11) is -5.09. The van der Waals surface area contributed by atoms with Crippen molar-refractivity contribution in [2.45, 2.75) is 25.6 Å². The van der Waals surface area contributed by atoms with Crippen molar-refractivity contribution in [3.8, 4) is 0 Å². The fraction of sp³-hybridized carbons (Fsp3) is 1.00. The number of hydrogen-bond acceptors (Lipinski definition) is 11. The topological polar surface area (TPSA) is 125 Å². The van der Waals surface area contributed by atoms with Gasteiger partial charge in [0.05, 0.1) is 26.4 Å². The van der Waals surface area contributed by atoms with Gasteiger partial charge in [-0.25, -0.2) is 8.37 Å². The summed E-state index contributed by atoms with van der Waals surface area (Å²) in [4.78, 5) is 0. The minimum absolute atomic E-state index is 0.0478. The molecule has 2 rings (SSSR count). The van der Waals surface area contributed by atoms with Gasteiger partial charge in [-0.15, -0.1) is 0 Å². The first-order valence-electron chi connectivity index (χ1n) is 7.21. The molecule has 0 bridgehead atoms. The maximum Gasteiger partial charge on any atom is 0.641 e. The molecule has 3 unspecified atom stereocenters. The Morgan fingerprint density at radius 3 is 2.58 bits per heavy atom. The smallest absolute Gasteiger partial charge is 0.383 e. The molecule has 2 heterocycles. The first kappa shape index (κ1) is 20.2. The van der Waals surface area contributed by atoms with E-state index in [1.807, 2.05) is 0 Å². The minimum Gasteiger partial charge on any atom is -0.383 e. The predicted octanol–water partition coefficient (Wildman–Crippen LogP) is -0.940. The van der Waals surface area contributed by atoms with Crippen molar-refractivity contribution < 1.29 is 48.1 Å². The SMILES string of the molecule is CCOCOB(OCC1CCOS(=O)O1)OCC1COS(=O)(=O)O1.